The maximum atomic E-state index is 10.1. The zero-order valence-electron chi connectivity index (χ0n) is 10.4. The zero-order chi connectivity index (χ0) is 10.3. The van der Waals surface area contributed by atoms with Crippen molar-refractivity contribution in [3.63, 3.8) is 0 Å². The third kappa shape index (κ3) is 14.3. The van der Waals surface area contributed by atoms with Gasteiger partial charge in [0.2, 0.25) is 5.91 Å². The van der Waals surface area contributed by atoms with Crippen LogP contribution in [0.1, 0.15) is 6.92 Å². The number of hydrogen-bond donors (Lipinski definition) is 0. The van der Waals surface area contributed by atoms with Crippen molar-refractivity contribution in [1.82, 2.24) is 9.80 Å². The van der Waals surface area contributed by atoms with Gasteiger partial charge in [0, 0.05) is 34.1 Å². The Bertz CT molecular complexity index is 153. The Morgan fingerprint density at radius 3 is 1.73 bits per heavy atom. The third-order valence-corrected chi connectivity index (χ3v) is 1.86. The van der Waals surface area contributed by atoms with Crippen LogP contribution in [0.25, 0.3) is 0 Å². The van der Waals surface area contributed by atoms with Crippen LogP contribution in [0.15, 0.2) is 0 Å². The summed E-state index contributed by atoms with van der Waals surface area (Å²) >= 11 is 0. The molecule has 0 bridgehead atoms. The first-order chi connectivity index (χ1) is 6.04. The number of nitrogens with zero attached hydrogens (tertiary/aromatic N) is 2. The molecule has 0 spiro atoms. The monoisotopic (exact) mass is 230 g/mol. The largest absolute Gasteiger partial charge is 1.00 e. The number of likely N-dealkylation sites (N-methyl/N-ethyl adjacent to an activating group) is 1. The van der Waals surface area contributed by atoms with Crippen LogP contribution in [0.2, 0.25) is 0 Å². The molecule has 1 saturated heterocycles. The standard InChI is InChI=1S/C5H11NO.C4H9NO.ClH.Li/c1-6-2-4-7-5-3-6;1-4(6)5(2)3;;/h2-5H2,1H3;1-3H3;1H;/q;;;+1/p-1. The molecule has 0 aliphatic carbocycles. The van der Waals surface area contributed by atoms with Gasteiger partial charge in [0.15, 0.2) is 0 Å². The van der Waals surface area contributed by atoms with Crippen molar-refractivity contribution in [3.8, 4) is 0 Å². The second kappa shape index (κ2) is 12.3. The van der Waals surface area contributed by atoms with Crippen molar-refractivity contribution in [2.75, 3.05) is 47.4 Å². The van der Waals surface area contributed by atoms with E-state index in [4.69, 9.17) is 4.74 Å². The summed E-state index contributed by atoms with van der Waals surface area (Å²) in [5.74, 6) is 0.0926. The molecule has 0 aromatic heterocycles. The smallest absolute Gasteiger partial charge is 1.00 e. The normalized spacial score (nSPS) is 14.9. The van der Waals surface area contributed by atoms with E-state index in [-0.39, 0.29) is 37.2 Å². The summed E-state index contributed by atoms with van der Waals surface area (Å²) in [5, 5.41) is 0. The first-order valence-corrected chi connectivity index (χ1v) is 4.48. The molecule has 0 atom stereocenters. The summed E-state index contributed by atoms with van der Waals surface area (Å²) < 4.78 is 5.10. The van der Waals surface area contributed by atoms with Crippen LogP contribution in [0.5, 0.6) is 0 Å². The van der Waals surface area contributed by atoms with Crippen molar-refractivity contribution < 1.29 is 40.8 Å². The summed E-state index contributed by atoms with van der Waals surface area (Å²) in [6.07, 6.45) is 0. The van der Waals surface area contributed by atoms with Gasteiger partial charge in [0.05, 0.1) is 13.2 Å². The predicted octanol–water partition coefficient (Wildman–Crippen LogP) is -5.95. The molecule has 1 heterocycles. The van der Waals surface area contributed by atoms with Crippen LogP contribution < -0.4 is 31.3 Å². The van der Waals surface area contributed by atoms with Gasteiger partial charge in [-0.05, 0) is 7.05 Å². The Labute approximate surface area is 111 Å². The van der Waals surface area contributed by atoms with Gasteiger partial charge in [-0.1, -0.05) is 0 Å². The quantitative estimate of drug-likeness (QED) is 0.389. The van der Waals surface area contributed by atoms with E-state index in [0.29, 0.717) is 0 Å². The SMILES string of the molecule is CC(=O)N(C)C.CN1CCOCC1.[Cl-].[Li+]. The number of halogens is 1. The number of carbonyl (C=O) groups excluding carboxylic acids is 1. The first kappa shape index (κ1) is 20.7. The molecule has 0 N–H and O–H groups in total. The molecule has 1 amide bonds. The summed E-state index contributed by atoms with van der Waals surface area (Å²) in [6, 6.07) is 0. The molecule has 6 heteroatoms. The predicted molar refractivity (Wildman–Crippen MR) is 52.7 cm³/mol. The molecule has 0 aromatic rings. The molecule has 0 radical (unpaired) electrons. The van der Waals surface area contributed by atoms with Crippen LogP contribution in [0.3, 0.4) is 0 Å². The van der Waals surface area contributed by atoms with E-state index in [1.807, 2.05) is 0 Å². The van der Waals surface area contributed by atoms with E-state index in [1.165, 1.54) is 11.8 Å². The maximum Gasteiger partial charge on any atom is 1.00 e. The summed E-state index contributed by atoms with van der Waals surface area (Å²) in [6.45, 7) is 5.55. The summed E-state index contributed by atoms with van der Waals surface area (Å²) in [4.78, 5) is 13.9. The van der Waals surface area contributed by atoms with E-state index in [0.717, 1.165) is 26.3 Å². The second-order valence-corrected chi connectivity index (χ2v) is 3.33. The molecular formula is C9H20ClLiN2O2. The van der Waals surface area contributed by atoms with Gasteiger partial charge in [-0.2, -0.15) is 0 Å². The van der Waals surface area contributed by atoms with Crippen LogP contribution in [0, 0.1) is 0 Å². The Hall–Kier alpha value is 0.277. The molecular weight excluding hydrogens is 211 g/mol. The zero-order valence-corrected chi connectivity index (χ0v) is 11.2. The Morgan fingerprint density at radius 1 is 1.27 bits per heavy atom. The van der Waals surface area contributed by atoms with Gasteiger partial charge in [0.1, 0.15) is 0 Å². The average molecular weight is 231 g/mol. The van der Waals surface area contributed by atoms with Gasteiger partial charge < -0.3 is 26.9 Å². The fraction of sp³-hybridized carbons (Fsp3) is 0.889. The van der Waals surface area contributed by atoms with E-state index in [2.05, 4.69) is 11.9 Å². The number of morpholine rings is 1. The van der Waals surface area contributed by atoms with E-state index < -0.39 is 0 Å². The maximum absolute atomic E-state index is 10.1. The fourth-order valence-electron chi connectivity index (χ4n) is 0.655. The minimum Gasteiger partial charge on any atom is -1.00 e. The molecule has 15 heavy (non-hydrogen) atoms. The van der Waals surface area contributed by atoms with Crippen LogP contribution >= 0.6 is 0 Å². The van der Waals surface area contributed by atoms with Gasteiger partial charge in [-0.15, -0.1) is 0 Å². The van der Waals surface area contributed by atoms with Crippen molar-refractivity contribution in [2.24, 2.45) is 0 Å². The summed E-state index contributed by atoms with van der Waals surface area (Å²) in [5.41, 5.74) is 0. The van der Waals surface area contributed by atoms with Crippen molar-refractivity contribution >= 4 is 5.91 Å². The molecule has 4 nitrogen and oxygen atoms in total. The molecule has 0 aromatic carbocycles. The molecule has 0 unspecified atom stereocenters. The van der Waals surface area contributed by atoms with Gasteiger partial charge >= 0.3 is 18.9 Å². The number of carbonyl (C=O) groups is 1. The Kier molecular flexibility index (Phi) is 17.0. The second-order valence-electron chi connectivity index (χ2n) is 3.33. The molecule has 0 saturated carbocycles. The minimum absolute atomic E-state index is 0. The summed E-state index contributed by atoms with van der Waals surface area (Å²) in [7, 11) is 5.56. The number of rotatable bonds is 0. The van der Waals surface area contributed by atoms with Gasteiger partial charge in [-0.25, -0.2) is 0 Å². The van der Waals surface area contributed by atoms with Gasteiger partial charge in [-0.3, -0.25) is 4.79 Å². The number of ether oxygens (including phenoxy) is 1. The van der Waals surface area contributed by atoms with E-state index in [1.54, 1.807) is 14.1 Å². The molecule has 1 fully saturated rings. The van der Waals surface area contributed by atoms with Gasteiger partial charge in [0.25, 0.3) is 0 Å². The van der Waals surface area contributed by atoms with Crippen LogP contribution in [0.4, 0.5) is 0 Å². The number of amides is 1. The molecule has 1 aliphatic rings. The van der Waals surface area contributed by atoms with Crippen molar-refractivity contribution in [2.45, 2.75) is 6.92 Å². The Morgan fingerprint density at radius 2 is 1.60 bits per heavy atom. The fourth-order valence-corrected chi connectivity index (χ4v) is 0.655. The number of hydrogen-bond acceptors (Lipinski definition) is 3. The van der Waals surface area contributed by atoms with Crippen LogP contribution in [-0.2, 0) is 9.53 Å². The third-order valence-electron chi connectivity index (χ3n) is 1.86. The molecule has 1 aliphatic heterocycles. The molecule has 86 valence electrons. The topological polar surface area (TPSA) is 32.8 Å². The minimum atomic E-state index is 0. The van der Waals surface area contributed by atoms with E-state index in [9.17, 15) is 4.79 Å². The van der Waals surface area contributed by atoms with Crippen molar-refractivity contribution in [1.29, 1.82) is 0 Å². The first-order valence-electron chi connectivity index (χ1n) is 4.48. The van der Waals surface area contributed by atoms with E-state index >= 15 is 0 Å². The average Bonchev–Trinajstić information content (AvgIpc) is 2.06. The van der Waals surface area contributed by atoms with Crippen molar-refractivity contribution in [3.05, 3.63) is 0 Å². The molecule has 1 rings (SSSR count). The van der Waals surface area contributed by atoms with Crippen LogP contribution in [-0.4, -0.2) is 63.2 Å². The Balaban J connectivity index is -0.000000172.